The van der Waals surface area contributed by atoms with Gasteiger partial charge in [0.05, 0.1) is 6.61 Å². The molecule has 10 heteroatoms. The van der Waals surface area contributed by atoms with Gasteiger partial charge in [-0.05, 0) is 39.0 Å². The van der Waals surface area contributed by atoms with E-state index in [2.05, 4.69) is 20.7 Å². The number of ether oxygens (including phenoxy) is 1. The lowest BCUT2D eigenvalue weighted by Crippen LogP contribution is -2.50. The van der Waals surface area contributed by atoms with Crippen molar-refractivity contribution < 1.29 is 9.53 Å². The lowest BCUT2D eigenvalue weighted by molar-refractivity contribution is 0.0963. The standard InChI is InChI=1S/C19H33N7O3/c1-3-29-19(28)24-13-8-15(9-14-24)22-17(20-2)21-10-6-12-26-18(27)25-11-5-4-7-16(25)23-26/h15H,3-14H2,1-2H3,(H2,20,21,22). The number of nitrogens with zero attached hydrogens (tertiary/aromatic N) is 5. The first-order chi connectivity index (χ1) is 14.1. The van der Waals surface area contributed by atoms with E-state index in [-0.39, 0.29) is 17.8 Å². The van der Waals surface area contributed by atoms with Crippen LogP contribution in [0.1, 0.15) is 44.9 Å². The Morgan fingerprint density at radius 3 is 2.76 bits per heavy atom. The average Bonchev–Trinajstić information content (AvgIpc) is 3.06. The van der Waals surface area contributed by atoms with E-state index in [1.807, 2.05) is 6.92 Å². The van der Waals surface area contributed by atoms with Crippen molar-refractivity contribution in [3.05, 3.63) is 16.3 Å². The lowest BCUT2D eigenvalue weighted by Gasteiger charge is -2.32. The van der Waals surface area contributed by atoms with Crippen LogP contribution in [0.3, 0.4) is 0 Å². The molecule has 2 aliphatic rings. The summed E-state index contributed by atoms with van der Waals surface area (Å²) in [6.45, 7) is 5.68. The smallest absolute Gasteiger partial charge is 0.409 e. The highest BCUT2D eigenvalue weighted by Crippen LogP contribution is 2.11. The van der Waals surface area contributed by atoms with Crippen molar-refractivity contribution in [1.82, 2.24) is 29.9 Å². The third-order valence-electron chi connectivity index (χ3n) is 5.46. The number of guanidine groups is 1. The van der Waals surface area contributed by atoms with Crippen LogP contribution in [0.5, 0.6) is 0 Å². The fraction of sp³-hybridized carbons (Fsp3) is 0.789. The predicted octanol–water partition coefficient (Wildman–Crippen LogP) is 0.557. The maximum Gasteiger partial charge on any atom is 0.409 e. The molecule has 0 atom stereocenters. The fourth-order valence-corrected chi connectivity index (χ4v) is 3.84. The van der Waals surface area contributed by atoms with Crippen molar-refractivity contribution in [2.45, 2.75) is 64.6 Å². The van der Waals surface area contributed by atoms with Crippen molar-refractivity contribution in [3.63, 3.8) is 0 Å². The van der Waals surface area contributed by atoms with E-state index in [0.717, 1.165) is 56.9 Å². The van der Waals surface area contributed by atoms with Gasteiger partial charge < -0.3 is 20.3 Å². The van der Waals surface area contributed by atoms with Gasteiger partial charge in [-0.15, -0.1) is 0 Å². The number of aryl methyl sites for hydroxylation is 2. The number of piperidine rings is 1. The summed E-state index contributed by atoms with van der Waals surface area (Å²) in [6, 6.07) is 0.273. The average molecular weight is 408 g/mol. The van der Waals surface area contributed by atoms with Gasteiger partial charge in [0, 0.05) is 52.2 Å². The van der Waals surface area contributed by atoms with E-state index in [1.54, 1.807) is 21.2 Å². The Hall–Kier alpha value is -2.52. The topological polar surface area (TPSA) is 106 Å². The van der Waals surface area contributed by atoms with Crippen LogP contribution in [0.15, 0.2) is 9.79 Å². The Labute approximate surface area is 171 Å². The number of aromatic nitrogens is 3. The number of hydrogen-bond donors (Lipinski definition) is 2. The minimum atomic E-state index is -0.232. The summed E-state index contributed by atoms with van der Waals surface area (Å²) in [5.41, 5.74) is 0.00978. The molecule has 1 saturated heterocycles. The Morgan fingerprint density at radius 2 is 2.07 bits per heavy atom. The van der Waals surface area contributed by atoms with Crippen LogP contribution in [-0.2, 0) is 24.2 Å². The molecule has 162 valence electrons. The normalized spacial score (nSPS) is 17.7. The monoisotopic (exact) mass is 407 g/mol. The van der Waals surface area contributed by atoms with Gasteiger partial charge in [0.2, 0.25) is 0 Å². The van der Waals surface area contributed by atoms with E-state index < -0.39 is 0 Å². The van der Waals surface area contributed by atoms with Gasteiger partial charge in [-0.2, -0.15) is 5.10 Å². The van der Waals surface area contributed by atoms with Gasteiger partial charge in [-0.3, -0.25) is 9.56 Å². The molecule has 0 aromatic carbocycles. The SMILES string of the molecule is CCOC(=O)N1CCC(NC(=NC)NCCCn2nc3n(c2=O)CCCC3)CC1. The molecule has 1 aromatic rings. The molecular formula is C19H33N7O3. The fourth-order valence-electron chi connectivity index (χ4n) is 3.84. The molecule has 0 radical (unpaired) electrons. The number of likely N-dealkylation sites (tertiary alicyclic amines) is 1. The Bertz CT molecular complexity index is 762. The van der Waals surface area contributed by atoms with Crippen LogP contribution in [0, 0.1) is 0 Å². The largest absolute Gasteiger partial charge is 0.450 e. The Balaban J connectivity index is 1.38. The van der Waals surface area contributed by atoms with Gasteiger partial charge in [-0.1, -0.05) is 0 Å². The minimum absolute atomic E-state index is 0.00978. The Morgan fingerprint density at radius 1 is 1.28 bits per heavy atom. The molecule has 1 aromatic heterocycles. The number of hydrogen-bond acceptors (Lipinski definition) is 5. The zero-order chi connectivity index (χ0) is 20.6. The van der Waals surface area contributed by atoms with Crippen LogP contribution < -0.4 is 16.3 Å². The zero-order valence-corrected chi connectivity index (χ0v) is 17.5. The van der Waals surface area contributed by atoms with E-state index in [9.17, 15) is 9.59 Å². The number of carbonyl (C=O) groups is 1. The second-order valence-corrected chi connectivity index (χ2v) is 7.49. The summed E-state index contributed by atoms with van der Waals surface area (Å²) in [5, 5.41) is 11.2. The van der Waals surface area contributed by atoms with E-state index >= 15 is 0 Å². The second kappa shape index (κ2) is 10.3. The van der Waals surface area contributed by atoms with Crippen LogP contribution in [0.25, 0.3) is 0 Å². The van der Waals surface area contributed by atoms with Crippen molar-refractivity contribution in [1.29, 1.82) is 0 Å². The highest BCUT2D eigenvalue weighted by Gasteiger charge is 2.24. The second-order valence-electron chi connectivity index (χ2n) is 7.49. The van der Waals surface area contributed by atoms with E-state index in [0.29, 0.717) is 32.8 Å². The highest BCUT2D eigenvalue weighted by molar-refractivity contribution is 5.80. The van der Waals surface area contributed by atoms with Gasteiger partial charge in [0.1, 0.15) is 5.82 Å². The maximum atomic E-state index is 12.3. The molecule has 0 spiro atoms. The van der Waals surface area contributed by atoms with Crippen molar-refractivity contribution >= 4 is 12.1 Å². The quantitative estimate of drug-likeness (QED) is 0.405. The number of fused-ring (bicyclic) bond motifs is 1. The molecule has 0 aliphatic carbocycles. The third-order valence-corrected chi connectivity index (χ3v) is 5.46. The predicted molar refractivity (Wildman–Crippen MR) is 110 cm³/mol. The van der Waals surface area contributed by atoms with Gasteiger partial charge in [0.25, 0.3) is 0 Å². The Kier molecular flexibility index (Phi) is 7.54. The number of carbonyl (C=O) groups excluding carboxylic acids is 1. The summed E-state index contributed by atoms with van der Waals surface area (Å²) in [7, 11) is 1.75. The first kappa shape index (κ1) is 21.2. The first-order valence-electron chi connectivity index (χ1n) is 10.7. The lowest BCUT2D eigenvalue weighted by atomic mass is 10.1. The molecule has 1 fully saturated rings. The van der Waals surface area contributed by atoms with Crippen LogP contribution in [0.2, 0.25) is 0 Å². The summed E-state index contributed by atoms with van der Waals surface area (Å²) >= 11 is 0. The van der Waals surface area contributed by atoms with Gasteiger partial charge in [0.15, 0.2) is 5.96 Å². The molecule has 29 heavy (non-hydrogen) atoms. The number of amides is 1. The summed E-state index contributed by atoms with van der Waals surface area (Å²) in [6.07, 6.45) is 5.33. The van der Waals surface area contributed by atoms with Crippen LogP contribution in [0.4, 0.5) is 4.79 Å². The summed E-state index contributed by atoms with van der Waals surface area (Å²) < 4.78 is 8.45. The van der Waals surface area contributed by atoms with E-state index in [4.69, 9.17) is 4.74 Å². The summed E-state index contributed by atoms with van der Waals surface area (Å²) in [5.74, 6) is 1.66. The van der Waals surface area contributed by atoms with Crippen molar-refractivity contribution in [3.8, 4) is 0 Å². The maximum absolute atomic E-state index is 12.3. The van der Waals surface area contributed by atoms with Crippen molar-refractivity contribution in [2.24, 2.45) is 4.99 Å². The molecule has 1 amide bonds. The van der Waals surface area contributed by atoms with E-state index in [1.165, 1.54) is 0 Å². The van der Waals surface area contributed by atoms with Crippen LogP contribution >= 0.6 is 0 Å². The number of rotatable bonds is 6. The van der Waals surface area contributed by atoms with Crippen LogP contribution in [-0.4, -0.2) is 70.6 Å². The molecule has 2 N–H and O–H groups in total. The number of nitrogens with one attached hydrogen (secondary N) is 2. The van der Waals surface area contributed by atoms with Gasteiger partial charge >= 0.3 is 11.8 Å². The third kappa shape index (κ3) is 5.51. The molecule has 10 nitrogen and oxygen atoms in total. The summed E-state index contributed by atoms with van der Waals surface area (Å²) in [4.78, 5) is 30.2. The molecule has 0 unspecified atom stereocenters. The number of aliphatic imine (C=N–C) groups is 1. The molecular weight excluding hydrogens is 374 g/mol. The molecule has 2 aliphatic heterocycles. The first-order valence-corrected chi connectivity index (χ1v) is 10.7. The molecule has 3 rings (SSSR count). The molecule has 3 heterocycles. The van der Waals surface area contributed by atoms with Crippen molar-refractivity contribution in [2.75, 3.05) is 33.3 Å². The minimum Gasteiger partial charge on any atom is -0.450 e. The highest BCUT2D eigenvalue weighted by atomic mass is 16.6. The molecule has 0 bridgehead atoms. The molecule has 0 saturated carbocycles. The van der Waals surface area contributed by atoms with Gasteiger partial charge in [-0.25, -0.2) is 14.3 Å². The zero-order valence-electron chi connectivity index (χ0n) is 17.5.